The molecule has 0 fully saturated rings. The zero-order valence-electron chi connectivity index (χ0n) is 7.87. The second kappa shape index (κ2) is 3.17. The first kappa shape index (κ1) is 10.4. The van der Waals surface area contributed by atoms with Gasteiger partial charge in [0, 0.05) is 4.94 Å². The molecule has 3 nitrogen and oxygen atoms in total. The summed E-state index contributed by atoms with van der Waals surface area (Å²) >= 11 is 0. The minimum Gasteiger partial charge on any atom is -0.106 e. The molecule has 0 rings (SSSR count). The van der Waals surface area contributed by atoms with Crippen LogP contribution in [0, 0.1) is 0 Å². The molecule has 0 radical (unpaired) electrons. The molecule has 0 unspecified atom stereocenters. The highest BCUT2D eigenvalue weighted by Gasteiger charge is 2.25. The molecule has 0 saturated carbocycles. The van der Waals surface area contributed by atoms with Crippen LogP contribution in [0.15, 0.2) is 25.6 Å². The Hall–Kier alpha value is -0.640. The lowest BCUT2D eigenvalue weighted by molar-refractivity contribution is -1.29. The van der Waals surface area contributed by atoms with Crippen molar-refractivity contribution in [3.63, 3.8) is 0 Å². The van der Waals surface area contributed by atoms with Crippen LogP contribution in [0.5, 0.6) is 0 Å². The van der Waals surface area contributed by atoms with Gasteiger partial charge in [-0.25, -0.2) is 0 Å². The van der Waals surface area contributed by atoms with E-state index in [1.807, 2.05) is 28.2 Å². The van der Waals surface area contributed by atoms with E-state index in [0.29, 0.717) is 9.29 Å². The molecule has 0 aliphatic carbocycles. The van der Waals surface area contributed by atoms with Crippen LogP contribution in [-0.4, -0.2) is 37.5 Å². The van der Waals surface area contributed by atoms with E-state index in [2.05, 4.69) is 13.2 Å². The van der Waals surface area contributed by atoms with Crippen molar-refractivity contribution in [2.24, 2.45) is 0 Å². The number of nitrogens with zero attached hydrogens (tertiary/aromatic N) is 2. The van der Waals surface area contributed by atoms with E-state index in [1.165, 1.54) is 0 Å². The highest BCUT2D eigenvalue weighted by Crippen LogP contribution is 2.08. The van der Waals surface area contributed by atoms with Gasteiger partial charge in [-0.1, -0.05) is 0 Å². The van der Waals surface area contributed by atoms with Gasteiger partial charge < -0.3 is 0 Å². The van der Waals surface area contributed by atoms with Crippen LogP contribution >= 0.6 is 0 Å². The molecule has 3 heteroatoms. The summed E-state index contributed by atoms with van der Waals surface area (Å²) in [6.07, 6.45) is 3.42. The minimum atomic E-state index is 0.305. The summed E-state index contributed by atoms with van der Waals surface area (Å²) in [6.45, 7) is 7.31. The fourth-order valence-electron chi connectivity index (χ4n) is 0.609. The molecule has 0 aliphatic rings. The number of rotatable bonds is 4. The lowest BCUT2D eigenvalue weighted by atomic mass is 10.8. The zero-order valence-corrected chi connectivity index (χ0v) is 7.87. The third-order valence-corrected chi connectivity index (χ3v) is 1.30. The first-order valence-electron chi connectivity index (χ1n) is 3.49. The minimum absolute atomic E-state index is 0.305. The quantitative estimate of drug-likeness (QED) is 0.442. The largest absolute Gasteiger partial charge is 0.126 e. The molecule has 0 N–H and O–H groups in total. The maximum absolute atomic E-state index is 5.56. The summed E-state index contributed by atoms with van der Waals surface area (Å²) in [5.74, 6) is 0. The van der Waals surface area contributed by atoms with Crippen molar-refractivity contribution in [1.29, 1.82) is 0 Å². The van der Waals surface area contributed by atoms with Crippen molar-refractivity contribution in [2.45, 2.75) is 0 Å². The fourth-order valence-corrected chi connectivity index (χ4v) is 0.609. The monoisotopic (exact) mass is 158 g/mol. The van der Waals surface area contributed by atoms with Crippen LogP contribution in [-0.2, 0) is 4.94 Å². The Morgan fingerprint density at radius 3 is 1.36 bits per heavy atom. The molecule has 0 aromatic carbocycles. The van der Waals surface area contributed by atoms with E-state index in [4.69, 9.17) is 4.94 Å². The van der Waals surface area contributed by atoms with Gasteiger partial charge in [-0.2, -0.15) is 0 Å². The van der Waals surface area contributed by atoms with Crippen LogP contribution < -0.4 is 0 Å². The van der Waals surface area contributed by atoms with Gasteiger partial charge in [-0.15, -0.1) is 9.29 Å². The Kier molecular flexibility index (Phi) is 2.99. The van der Waals surface area contributed by atoms with Crippen molar-refractivity contribution >= 4 is 0 Å². The summed E-state index contributed by atoms with van der Waals surface area (Å²) in [7, 11) is 7.60. The lowest BCUT2D eigenvalue weighted by Crippen LogP contribution is -2.47. The molecule has 0 atom stereocenters. The molecule has 0 aliphatic heterocycles. The normalized spacial score (nSPS) is 12.7. The molecule has 0 heterocycles. The molecule has 0 aromatic rings. The first-order valence-corrected chi connectivity index (χ1v) is 3.49. The van der Waals surface area contributed by atoms with Gasteiger partial charge in [0.2, 0.25) is 0 Å². The van der Waals surface area contributed by atoms with E-state index in [-0.39, 0.29) is 0 Å². The van der Waals surface area contributed by atoms with Crippen LogP contribution in [0.2, 0.25) is 0 Å². The van der Waals surface area contributed by atoms with Crippen LogP contribution in [0.25, 0.3) is 0 Å². The van der Waals surface area contributed by atoms with E-state index in [9.17, 15) is 0 Å². The van der Waals surface area contributed by atoms with Crippen molar-refractivity contribution in [2.75, 3.05) is 28.2 Å². The van der Waals surface area contributed by atoms with Crippen LogP contribution in [0.1, 0.15) is 0 Å². The van der Waals surface area contributed by atoms with Gasteiger partial charge >= 0.3 is 0 Å². The molecule has 64 valence electrons. The average molecular weight is 158 g/mol. The highest BCUT2D eigenvalue weighted by molar-refractivity contribution is 4.46. The van der Waals surface area contributed by atoms with Gasteiger partial charge in [-0.05, 0) is 13.2 Å². The Morgan fingerprint density at radius 1 is 0.909 bits per heavy atom. The molecule has 0 amide bonds. The second-order valence-corrected chi connectivity index (χ2v) is 3.32. The number of hydrogen-bond acceptors (Lipinski definition) is 1. The summed E-state index contributed by atoms with van der Waals surface area (Å²) < 4.78 is 0.609. The van der Waals surface area contributed by atoms with Crippen molar-refractivity contribution in [3.8, 4) is 0 Å². The predicted molar refractivity (Wildman–Crippen MR) is 45.7 cm³/mol. The highest BCUT2D eigenvalue weighted by atomic mass is 16.9. The van der Waals surface area contributed by atoms with Crippen LogP contribution in [0.3, 0.4) is 0 Å². The Morgan fingerprint density at radius 2 is 1.18 bits per heavy atom. The number of hydrogen-bond donors (Lipinski definition) is 0. The van der Waals surface area contributed by atoms with Gasteiger partial charge in [0.25, 0.3) is 0 Å². The van der Waals surface area contributed by atoms with E-state index < -0.39 is 0 Å². The van der Waals surface area contributed by atoms with Crippen molar-refractivity contribution in [1.82, 2.24) is 0 Å². The summed E-state index contributed by atoms with van der Waals surface area (Å²) in [5, 5.41) is 0. The average Bonchev–Trinajstić information content (AvgIpc) is 1.86. The maximum Gasteiger partial charge on any atom is 0.126 e. The lowest BCUT2D eigenvalue weighted by Gasteiger charge is -2.28. The Bertz CT molecular complexity index is 143. The van der Waals surface area contributed by atoms with Gasteiger partial charge in [0.1, 0.15) is 40.6 Å². The SMILES string of the molecule is C=C[N+](C)(C)O[N+](C)(C)C=C. The first-order chi connectivity index (χ1) is 4.83. The second-order valence-electron chi connectivity index (χ2n) is 3.32. The van der Waals surface area contributed by atoms with Gasteiger partial charge in [0.15, 0.2) is 0 Å². The van der Waals surface area contributed by atoms with Crippen molar-refractivity contribution in [3.05, 3.63) is 25.6 Å². The Labute approximate surface area is 68.9 Å². The summed E-state index contributed by atoms with van der Waals surface area (Å²) in [6, 6.07) is 0. The van der Waals surface area contributed by atoms with Gasteiger partial charge in [-0.3, -0.25) is 0 Å². The van der Waals surface area contributed by atoms with Crippen molar-refractivity contribution < 1.29 is 14.2 Å². The van der Waals surface area contributed by atoms with Crippen LogP contribution in [0.4, 0.5) is 0 Å². The summed E-state index contributed by atoms with van der Waals surface area (Å²) in [5.41, 5.74) is 0. The molecule has 0 spiro atoms. The molecular weight excluding hydrogens is 140 g/mol. The van der Waals surface area contributed by atoms with Gasteiger partial charge in [0.05, 0.1) is 0 Å². The maximum atomic E-state index is 5.56. The molecule has 0 bridgehead atoms. The van der Waals surface area contributed by atoms with E-state index >= 15 is 0 Å². The number of quaternary nitrogens is 2. The van der Waals surface area contributed by atoms with E-state index in [1.54, 1.807) is 12.4 Å². The molecular formula is C8H18N2O+2. The molecule has 11 heavy (non-hydrogen) atoms. The fraction of sp³-hybridized carbons (Fsp3) is 0.500. The molecule has 0 aromatic heterocycles. The standard InChI is InChI=1S/C8H18N2O/c1-7-9(3,4)11-10(5,6)8-2/h7-8H,1-2H2,3-6H3/q+2. The topological polar surface area (TPSA) is 9.23 Å². The molecule has 0 saturated heterocycles. The third kappa shape index (κ3) is 3.93. The summed E-state index contributed by atoms with van der Waals surface area (Å²) in [4.78, 5) is 5.56. The Balaban J connectivity index is 4.23. The predicted octanol–water partition coefficient (Wildman–Crippen LogP) is 1.27. The number of hydroxylamine groups is 6. The van der Waals surface area contributed by atoms with E-state index in [0.717, 1.165) is 0 Å². The smallest absolute Gasteiger partial charge is 0.106 e. The zero-order chi connectivity index (χ0) is 9.12. The third-order valence-electron chi connectivity index (χ3n) is 1.30.